The van der Waals surface area contributed by atoms with Gasteiger partial charge in [0, 0.05) is 25.7 Å². The Bertz CT molecular complexity index is 2040. The summed E-state index contributed by atoms with van der Waals surface area (Å²) in [6.45, 7) is 14.3. The summed E-state index contributed by atoms with van der Waals surface area (Å²) in [4.78, 5) is 73.3. The smallest absolute Gasteiger partial charge is 0.462 e. The molecule has 0 saturated heterocycles. The minimum Gasteiger partial charge on any atom is -0.462 e. The van der Waals surface area contributed by atoms with Crippen molar-refractivity contribution in [3.05, 3.63) is 0 Å². The molecule has 3 N–H and O–H groups in total. The first-order chi connectivity index (χ1) is 50.6. The molecule has 105 heavy (non-hydrogen) atoms. The van der Waals surface area contributed by atoms with E-state index < -0.39 is 97.5 Å². The van der Waals surface area contributed by atoms with Gasteiger partial charge in [0.2, 0.25) is 0 Å². The van der Waals surface area contributed by atoms with E-state index in [-0.39, 0.29) is 25.7 Å². The van der Waals surface area contributed by atoms with Crippen molar-refractivity contribution < 1.29 is 80.2 Å². The number of carbonyl (C=O) groups excluding carboxylic acids is 4. The average Bonchev–Trinajstić information content (AvgIpc) is 0.926. The van der Waals surface area contributed by atoms with Crippen molar-refractivity contribution in [2.24, 2.45) is 23.7 Å². The van der Waals surface area contributed by atoms with Crippen LogP contribution in [0.15, 0.2) is 0 Å². The van der Waals surface area contributed by atoms with Crippen molar-refractivity contribution in [3.63, 3.8) is 0 Å². The van der Waals surface area contributed by atoms with E-state index in [2.05, 4.69) is 55.4 Å². The fourth-order valence-electron chi connectivity index (χ4n) is 13.3. The molecule has 0 aliphatic heterocycles. The van der Waals surface area contributed by atoms with Gasteiger partial charge in [-0.3, -0.25) is 37.3 Å². The molecular weight excluding hydrogens is 1370 g/mol. The van der Waals surface area contributed by atoms with Crippen molar-refractivity contribution >= 4 is 39.5 Å². The first kappa shape index (κ1) is 103. The number of phosphoric acid groups is 2. The monoisotopic (exact) mass is 1540 g/mol. The number of hydrogen-bond donors (Lipinski definition) is 3. The van der Waals surface area contributed by atoms with Crippen molar-refractivity contribution in [1.82, 2.24) is 0 Å². The van der Waals surface area contributed by atoms with Gasteiger partial charge in [0.1, 0.15) is 19.3 Å². The Labute approximate surface area is 645 Å². The van der Waals surface area contributed by atoms with E-state index in [9.17, 15) is 43.2 Å². The van der Waals surface area contributed by atoms with E-state index in [1.54, 1.807) is 0 Å². The zero-order valence-electron chi connectivity index (χ0n) is 69.4. The number of rotatable bonds is 83. The lowest BCUT2D eigenvalue weighted by molar-refractivity contribution is -0.161. The van der Waals surface area contributed by atoms with E-state index in [0.29, 0.717) is 25.7 Å². The van der Waals surface area contributed by atoms with Crippen molar-refractivity contribution in [2.45, 2.75) is 465 Å². The number of aliphatic hydroxyl groups is 1. The molecule has 624 valence electrons. The van der Waals surface area contributed by atoms with Crippen LogP contribution in [0, 0.1) is 23.7 Å². The van der Waals surface area contributed by atoms with Gasteiger partial charge in [-0.25, -0.2) is 9.13 Å². The molecule has 0 amide bonds. The van der Waals surface area contributed by atoms with E-state index >= 15 is 0 Å². The Morgan fingerprint density at radius 1 is 0.238 bits per heavy atom. The molecule has 0 aromatic carbocycles. The summed E-state index contributed by atoms with van der Waals surface area (Å²) in [5.74, 6) is 1.04. The van der Waals surface area contributed by atoms with Gasteiger partial charge >= 0.3 is 39.5 Å². The maximum atomic E-state index is 13.2. The molecule has 0 heterocycles. The van der Waals surface area contributed by atoms with Crippen LogP contribution in [-0.4, -0.2) is 96.7 Å². The summed E-state index contributed by atoms with van der Waals surface area (Å²) in [6, 6.07) is 0. The van der Waals surface area contributed by atoms with Crippen LogP contribution in [0.2, 0.25) is 0 Å². The normalized spacial score (nSPS) is 13.9. The Balaban J connectivity index is 5.26. The largest absolute Gasteiger partial charge is 0.472 e. The lowest BCUT2D eigenvalue weighted by Gasteiger charge is -2.21. The minimum atomic E-state index is -4.97. The van der Waals surface area contributed by atoms with E-state index in [4.69, 9.17) is 37.0 Å². The highest BCUT2D eigenvalue weighted by molar-refractivity contribution is 7.47. The lowest BCUT2D eigenvalue weighted by atomic mass is 10.0. The molecule has 0 saturated carbocycles. The Kier molecular flexibility index (Phi) is 73.4. The summed E-state index contributed by atoms with van der Waals surface area (Å²) in [7, 11) is -9.93. The molecule has 2 unspecified atom stereocenters. The van der Waals surface area contributed by atoms with Gasteiger partial charge in [0.05, 0.1) is 26.4 Å². The van der Waals surface area contributed by atoms with Gasteiger partial charge in [-0.05, 0) is 49.4 Å². The highest BCUT2D eigenvalue weighted by Gasteiger charge is 2.30. The van der Waals surface area contributed by atoms with Gasteiger partial charge in [-0.1, -0.05) is 396 Å². The van der Waals surface area contributed by atoms with Crippen LogP contribution in [0.1, 0.15) is 447 Å². The number of phosphoric ester groups is 2. The van der Waals surface area contributed by atoms with Gasteiger partial charge < -0.3 is 33.8 Å². The van der Waals surface area contributed by atoms with Crippen molar-refractivity contribution in [1.29, 1.82) is 0 Å². The molecule has 0 aliphatic carbocycles. The molecule has 0 radical (unpaired) electrons. The summed E-state index contributed by atoms with van der Waals surface area (Å²) >= 11 is 0. The molecule has 0 bridgehead atoms. The zero-order valence-corrected chi connectivity index (χ0v) is 71.2. The van der Waals surface area contributed by atoms with Crippen LogP contribution in [0.25, 0.3) is 0 Å². The lowest BCUT2D eigenvalue weighted by Crippen LogP contribution is -2.30. The van der Waals surface area contributed by atoms with Crippen LogP contribution < -0.4 is 0 Å². The Morgan fingerprint density at radius 2 is 0.400 bits per heavy atom. The maximum Gasteiger partial charge on any atom is 0.472 e. The molecule has 0 aliphatic rings. The molecule has 17 nitrogen and oxygen atoms in total. The first-order valence-corrected chi connectivity index (χ1v) is 47.2. The minimum absolute atomic E-state index is 0.106. The van der Waals surface area contributed by atoms with Crippen LogP contribution in [0.3, 0.4) is 0 Å². The molecule has 0 fully saturated rings. The van der Waals surface area contributed by atoms with Gasteiger partial charge in [0.15, 0.2) is 12.2 Å². The number of esters is 4. The fraction of sp³-hybridized carbons (Fsp3) is 0.953. The fourth-order valence-corrected chi connectivity index (χ4v) is 14.9. The summed E-state index contributed by atoms with van der Waals surface area (Å²) in [6.07, 6.45) is 63.8. The summed E-state index contributed by atoms with van der Waals surface area (Å²) < 4.78 is 68.9. The standard InChI is InChI=1S/C86H168O17P2/c1-76(2)62-54-46-38-30-23-17-13-9-11-15-19-26-34-42-50-58-66-83(88)96-72-81(102-85(90)68-60-52-44-35-27-20-16-12-10-14-18-24-31-39-47-55-63-77(3)4)74-100-104(92,93)98-70-80(87)71-99-105(94,95)101-75-82(73-97-84(89)67-59-51-43-37-29-33-41-49-57-65-79(7)8)103-86(91)69-61-53-45-36-28-22-21-25-32-40-48-56-64-78(5)6/h76-82,87H,9-75H2,1-8H3,(H,92,93)(H,94,95)/t80-,81-,82-/m1/s1. The molecule has 5 atom stereocenters. The quantitative estimate of drug-likeness (QED) is 0.0222. The third-order valence-electron chi connectivity index (χ3n) is 20.1. The van der Waals surface area contributed by atoms with Crippen LogP contribution in [-0.2, 0) is 65.4 Å². The van der Waals surface area contributed by atoms with Gasteiger partial charge in [-0.2, -0.15) is 0 Å². The molecule has 0 rings (SSSR count). The molecule has 19 heteroatoms. The zero-order chi connectivity index (χ0) is 77.4. The summed E-state index contributed by atoms with van der Waals surface area (Å²) in [5, 5.41) is 10.7. The Morgan fingerprint density at radius 3 is 0.590 bits per heavy atom. The average molecular weight is 1540 g/mol. The van der Waals surface area contributed by atoms with Crippen molar-refractivity contribution in [3.8, 4) is 0 Å². The topological polar surface area (TPSA) is 237 Å². The molecule has 0 aromatic heterocycles. The second-order valence-electron chi connectivity index (χ2n) is 32.8. The van der Waals surface area contributed by atoms with Crippen LogP contribution in [0.4, 0.5) is 0 Å². The number of hydrogen-bond acceptors (Lipinski definition) is 15. The SMILES string of the molecule is CC(C)CCCCCCCCCCCCCCCCCCC(=O)OC[C@H](COP(=O)(O)OC[C@@H](O)COP(=O)(O)OC[C@@H](COC(=O)CCCCCCCCCCCC(C)C)OC(=O)CCCCCCCCCCCCCCC(C)C)OC(=O)CCCCCCCCCCCCCCCCCCC(C)C. The molecule has 0 aromatic rings. The highest BCUT2D eigenvalue weighted by atomic mass is 31.2. The first-order valence-electron chi connectivity index (χ1n) is 44.2. The molecule has 0 spiro atoms. The number of unbranched alkanes of at least 4 members (excludes halogenated alkanes) is 49. The van der Waals surface area contributed by atoms with Crippen molar-refractivity contribution in [2.75, 3.05) is 39.6 Å². The van der Waals surface area contributed by atoms with Crippen LogP contribution in [0.5, 0.6) is 0 Å². The van der Waals surface area contributed by atoms with E-state index in [0.717, 1.165) is 114 Å². The van der Waals surface area contributed by atoms with Gasteiger partial charge in [0.25, 0.3) is 0 Å². The predicted octanol–water partition coefficient (Wildman–Crippen LogP) is 25.9. The molecular formula is C86H168O17P2. The van der Waals surface area contributed by atoms with E-state index in [1.807, 2.05) is 0 Å². The number of ether oxygens (including phenoxy) is 4. The van der Waals surface area contributed by atoms with E-state index in [1.165, 1.54) is 250 Å². The second-order valence-corrected chi connectivity index (χ2v) is 35.7. The maximum absolute atomic E-state index is 13.2. The summed E-state index contributed by atoms with van der Waals surface area (Å²) in [5.41, 5.74) is 0. The van der Waals surface area contributed by atoms with Gasteiger partial charge in [-0.15, -0.1) is 0 Å². The number of aliphatic hydroxyl groups excluding tert-OH is 1. The third-order valence-corrected chi connectivity index (χ3v) is 22.0. The number of carbonyl (C=O) groups is 4. The second kappa shape index (κ2) is 74.8. The van der Waals surface area contributed by atoms with Crippen LogP contribution >= 0.6 is 15.6 Å². The Hall–Kier alpha value is -1.94. The predicted molar refractivity (Wildman–Crippen MR) is 432 cm³/mol. The third kappa shape index (κ3) is 79.9. The highest BCUT2D eigenvalue weighted by Crippen LogP contribution is 2.45.